The second-order valence-corrected chi connectivity index (χ2v) is 11.3. The molecule has 48 heavy (non-hydrogen) atoms. The lowest BCUT2D eigenvalue weighted by Crippen LogP contribution is -2.04. The molecule has 4 heteroatoms. The maximum Gasteiger partial charge on any atom is 0.101 e. The van der Waals surface area contributed by atoms with E-state index in [9.17, 15) is 10.5 Å². The van der Waals surface area contributed by atoms with E-state index < -0.39 is 36.3 Å². The minimum atomic E-state index is -0.495. The van der Waals surface area contributed by atoms with Gasteiger partial charge in [-0.05, 0) is 58.7 Å². The lowest BCUT2D eigenvalue weighted by atomic mass is 10.0. The smallest absolute Gasteiger partial charge is 0.101 e. The molecule has 0 spiro atoms. The summed E-state index contributed by atoms with van der Waals surface area (Å²) in [6.07, 6.45) is 0. The molecule has 222 valence electrons. The molecule has 0 unspecified atom stereocenters. The normalized spacial score (nSPS) is 14.2. The molecule has 0 saturated carbocycles. The lowest BCUT2D eigenvalue weighted by Gasteiger charge is -2.16. The number of benzene rings is 7. The van der Waals surface area contributed by atoms with Crippen molar-refractivity contribution >= 4 is 43.6 Å². The van der Waals surface area contributed by atoms with Crippen LogP contribution in [0, 0.1) is 22.7 Å². The SMILES string of the molecule is [2H]c1c([2H])c([2H])c(-c2ccc3c4ccccc4n(-c4cc(C#N)c(-n5c6ccccc6c6ccc(-c7c([2H])c([2H])c([2H])c([2H])c7[2H])cc65)cc4C#N)c3c2)c([2H])c1[2H]. The van der Waals surface area contributed by atoms with Crippen LogP contribution in [0.3, 0.4) is 0 Å². The third-order valence-electron chi connectivity index (χ3n) is 8.76. The molecule has 7 aromatic carbocycles. The fourth-order valence-electron chi connectivity index (χ4n) is 6.69. The number of aromatic nitrogens is 2. The van der Waals surface area contributed by atoms with Gasteiger partial charge in [0.15, 0.2) is 0 Å². The monoisotopic (exact) mass is 620 g/mol. The molecule has 0 radical (unpaired) electrons. The van der Waals surface area contributed by atoms with Crippen molar-refractivity contribution in [1.29, 1.82) is 10.5 Å². The average molecular weight is 621 g/mol. The van der Waals surface area contributed by atoms with Crippen LogP contribution in [0.1, 0.15) is 24.8 Å². The van der Waals surface area contributed by atoms with Crippen molar-refractivity contribution in [2.75, 3.05) is 0 Å². The highest BCUT2D eigenvalue weighted by Crippen LogP contribution is 2.39. The summed E-state index contributed by atoms with van der Waals surface area (Å²) >= 11 is 0. The summed E-state index contributed by atoms with van der Waals surface area (Å²) in [6, 6.07) is 29.4. The topological polar surface area (TPSA) is 57.4 Å². The molecule has 0 aliphatic carbocycles. The first-order valence-electron chi connectivity index (χ1n) is 20.1. The lowest BCUT2D eigenvalue weighted by molar-refractivity contribution is 1.12. The van der Waals surface area contributed by atoms with Crippen molar-refractivity contribution < 1.29 is 13.7 Å². The van der Waals surface area contributed by atoms with Gasteiger partial charge in [0, 0.05) is 21.5 Å². The number of para-hydroxylation sites is 2. The minimum absolute atomic E-state index is 0.0348. The van der Waals surface area contributed by atoms with Gasteiger partial charge in [0.05, 0.1) is 58.3 Å². The van der Waals surface area contributed by atoms with Crippen molar-refractivity contribution in [3.63, 3.8) is 0 Å². The van der Waals surface area contributed by atoms with E-state index in [1.807, 2.05) is 69.8 Å². The Morgan fingerprint density at radius 3 is 1.23 bits per heavy atom. The maximum atomic E-state index is 10.8. The van der Waals surface area contributed by atoms with Gasteiger partial charge in [-0.1, -0.05) is 121 Å². The summed E-state index contributed by atoms with van der Waals surface area (Å²) in [4.78, 5) is 0. The Hall–Kier alpha value is -6.88. The second kappa shape index (κ2) is 10.9. The predicted molar refractivity (Wildman–Crippen MR) is 195 cm³/mol. The molecular formula is C44H26N4. The van der Waals surface area contributed by atoms with E-state index in [0.29, 0.717) is 44.6 Å². The molecule has 0 atom stereocenters. The van der Waals surface area contributed by atoms with Crippen LogP contribution in [0.25, 0.3) is 77.2 Å². The quantitative estimate of drug-likeness (QED) is 0.197. The Bertz CT molecular complexity index is 3100. The van der Waals surface area contributed by atoms with Gasteiger partial charge in [0.25, 0.3) is 0 Å². The fourth-order valence-corrected chi connectivity index (χ4v) is 6.69. The number of hydrogen-bond donors (Lipinski definition) is 0. The van der Waals surface area contributed by atoms with Gasteiger partial charge >= 0.3 is 0 Å². The Kier molecular flexibility index (Phi) is 4.29. The van der Waals surface area contributed by atoms with Crippen LogP contribution in [-0.2, 0) is 0 Å². The van der Waals surface area contributed by atoms with Crippen LogP contribution in [0.5, 0.6) is 0 Å². The molecule has 0 aliphatic heterocycles. The first kappa shape index (κ1) is 18.9. The van der Waals surface area contributed by atoms with Gasteiger partial charge in [0.1, 0.15) is 12.1 Å². The number of fused-ring (bicyclic) bond motifs is 6. The summed E-state index contributed by atoms with van der Waals surface area (Å²) in [5.41, 5.74) is 4.59. The van der Waals surface area contributed by atoms with Crippen LogP contribution >= 0.6 is 0 Å². The van der Waals surface area contributed by atoms with Gasteiger partial charge in [-0.3, -0.25) is 0 Å². The summed E-state index contributed by atoms with van der Waals surface area (Å²) in [5, 5.41) is 24.9. The van der Waals surface area contributed by atoms with Crippen LogP contribution in [-0.4, -0.2) is 9.13 Å². The van der Waals surface area contributed by atoms with Gasteiger partial charge < -0.3 is 9.13 Å². The Labute approximate surface area is 291 Å². The molecule has 0 N–H and O–H groups in total. The van der Waals surface area contributed by atoms with Crippen molar-refractivity contribution in [2.24, 2.45) is 0 Å². The zero-order valence-corrected chi connectivity index (χ0v) is 25.0. The Morgan fingerprint density at radius 2 is 0.812 bits per heavy atom. The molecule has 0 aliphatic rings. The highest BCUT2D eigenvalue weighted by Gasteiger charge is 2.21. The summed E-state index contributed by atoms with van der Waals surface area (Å²) in [5.74, 6) is 0. The van der Waals surface area contributed by atoms with E-state index in [1.54, 1.807) is 36.4 Å². The summed E-state index contributed by atoms with van der Waals surface area (Å²) in [7, 11) is 0. The first-order valence-corrected chi connectivity index (χ1v) is 15.1. The summed E-state index contributed by atoms with van der Waals surface area (Å²) in [6.45, 7) is 0. The third-order valence-corrected chi connectivity index (χ3v) is 8.76. The van der Waals surface area contributed by atoms with Gasteiger partial charge in [-0.15, -0.1) is 0 Å². The van der Waals surface area contributed by atoms with E-state index in [1.165, 1.54) is 0 Å². The Balaban J connectivity index is 1.33. The molecule has 0 fully saturated rings. The highest BCUT2D eigenvalue weighted by atomic mass is 15.0. The molecular weight excluding hydrogens is 585 g/mol. The first-order chi connectivity index (χ1) is 27.9. The molecule has 9 aromatic rings. The van der Waals surface area contributed by atoms with E-state index >= 15 is 0 Å². The van der Waals surface area contributed by atoms with E-state index in [2.05, 4.69) is 12.1 Å². The molecule has 9 rings (SSSR count). The van der Waals surface area contributed by atoms with Crippen LogP contribution < -0.4 is 0 Å². The molecule has 0 amide bonds. The standard InChI is InChI=1S/C44H26N4/c45-27-33-26-42(48-40-18-10-8-16-36(40)38-22-20-32(24-44(38)48)30-13-5-2-6-14-30)34(28-46)25-41(33)47-39-17-9-7-15-35(39)37-21-19-31(23-43(37)47)29-11-3-1-4-12-29/h1-26H/i1D,2D,3D,4D,5D,6D,11D,12D,13D,14D. The zero-order valence-electron chi connectivity index (χ0n) is 35.0. The molecule has 0 bridgehead atoms. The largest absolute Gasteiger partial charge is 0.308 e. The van der Waals surface area contributed by atoms with Crippen molar-refractivity contribution in [3.8, 4) is 45.8 Å². The van der Waals surface area contributed by atoms with E-state index in [0.717, 1.165) is 21.5 Å². The van der Waals surface area contributed by atoms with Crippen LogP contribution in [0.4, 0.5) is 0 Å². The van der Waals surface area contributed by atoms with E-state index in [4.69, 9.17) is 13.7 Å². The Morgan fingerprint density at radius 1 is 0.417 bits per heavy atom. The van der Waals surface area contributed by atoms with Crippen LogP contribution in [0.15, 0.2) is 157 Å². The fraction of sp³-hybridized carbons (Fsp3) is 0. The number of hydrogen-bond acceptors (Lipinski definition) is 2. The highest BCUT2D eigenvalue weighted by molar-refractivity contribution is 6.12. The van der Waals surface area contributed by atoms with E-state index in [-0.39, 0.29) is 46.4 Å². The van der Waals surface area contributed by atoms with Crippen molar-refractivity contribution in [2.45, 2.75) is 0 Å². The van der Waals surface area contributed by atoms with Gasteiger partial charge in [-0.25, -0.2) is 0 Å². The van der Waals surface area contributed by atoms with Crippen LogP contribution in [0.2, 0.25) is 0 Å². The molecule has 2 heterocycles. The molecule has 0 saturated heterocycles. The summed E-state index contributed by atoms with van der Waals surface area (Å²) < 4.78 is 87.5. The third kappa shape index (κ3) is 4.14. The maximum absolute atomic E-state index is 10.8. The van der Waals surface area contributed by atoms with Crippen molar-refractivity contribution in [1.82, 2.24) is 9.13 Å². The molecule has 4 nitrogen and oxygen atoms in total. The number of rotatable bonds is 4. The minimum Gasteiger partial charge on any atom is -0.308 e. The zero-order chi connectivity index (χ0) is 40.9. The average Bonchev–Trinajstić information content (AvgIpc) is 3.75. The predicted octanol–water partition coefficient (Wildman–Crippen LogP) is 11.0. The second-order valence-electron chi connectivity index (χ2n) is 11.3. The van der Waals surface area contributed by atoms with Crippen molar-refractivity contribution in [3.05, 3.63) is 169 Å². The molecule has 2 aromatic heterocycles. The number of nitriles is 2. The van der Waals surface area contributed by atoms with Gasteiger partial charge in [0.2, 0.25) is 0 Å². The van der Waals surface area contributed by atoms with Gasteiger partial charge in [-0.2, -0.15) is 10.5 Å². The number of nitrogens with zero attached hydrogens (tertiary/aromatic N) is 4.